The summed E-state index contributed by atoms with van der Waals surface area (Å²) in [6.45, 7) is 4.61. The minimum atomic E-state index is -0.230. The molecule has 0 spiro atoms. The molecule has 0 radical (unpaired) electrons. The van der Waals surface area contributed by atoms with Crippen LogP contribution in [-0.2, 0) is 6.42 Å². The average Bonchev–Trinajstić information content (AvgIpc) is 2.98. The fourth-order valence-corrected chi connectivity index (χ4v) is 3.75. The summed E-state index contributed by atoms with van der Waals surface area (Å²) in [5, 5.41) is 3.06. The number of nitrogens with zero attached hydrogens (tertiary/aromatic N) is 1. The van der Waals surface area contributed by atoms with Crippen LogP contribution in [0.2, 0.25) is 0 Å². The van der Waals surface area contributed by atoms with Gasteiger partial charge in [0.1, 0.15) is 0 Å². The van der Waals surface area contributed by atoms with E-state index in [1.165, 1.54) is 37.3 Å². The summed E-state index contributed by atoms with van der Waals surface area (Å²) < 4.78 is 0. The summed E-state index contributed by atoms with van der Waals surface area (Å²) in [6.07, 6.45) is 5.64. The standard InChI is InChI=1S/C22H29N3O2/c1-2-19-14-18(15-21(26)24-19)22(27)23-16-20(17-10-6-5-7-11-17)25-12-8-3-4-9-13-25/h5-7,10-11,14-15,20H,2-4,8-9,12-13,16H2,1H3,(H,23,27)(H,24,26). The van der Waals surface area contributed by atoms with Crippen molar-refractivity contribution in [3.63, 3.8) is 0 Å². The van der Waals surface area contributed by atoms with Gasteiger partial charge in [-0.25, -0.2) is 0 Å². The summed E-state index contributed by atoms with van der Waals surface area (Å²) >= 11 is 0. The van der Waals surface area contributed by atoms with E-state index in [9.17, 15) is 9.59 Å². The molecule has 27 heavy (non-hydrogen) atoms. The molecule has 1 aliphatic heterocycles. The monoisotopic (exact) mass is 367 g/mol. The molecule has 1 amide bonds. The number of benzene rings is 1. The Morgan fingerprint density at radius 1 is 1.11 bits per heavy atom. The first-order chi connectivity index (χ1) is 13.2. The van der Waals surface area contributed by atoms with Gasteiger partial charge in [-0.3, -0.25) is 14.5 Å². The zero-order chi connectivity index (χ0) is 19.1. The van der Waals surface area contributed by atoms with Gasteiger partial charge in [-0.2, -0.15) is 0 Å². The second kappa shape index (κ2) is 9.51. The molecule has 5 heteroatoms. The number of rotatable bonds is 6. The summed E-state index contributed by atoms with van der Waals surface area (Å²) in [7, 11) is 0. The molecular formula is C22H29N3O2. The molecule has 3 rings (SSSR count). The second-order valence-electron chi connectivity index (χ2n) is 7.20. The number of H-pyrrole nitrogens is 1. The molecule has 0 bridgehead atoms. The Hall–Kier alpha value is -2.40. The van der Waals surface area contributed by atoms with E-state index in [4.69, 9.17) is 0 Å². The lowest BCUT2D eigenvalue weighted by molar-refractivity contribution is 0.0933. The van der Waals surface area contributed by atoms with E-state index in [0.717, 1.165) is 18.8 Å². The molecule has 0 saturated carbocycles. The Labute approximate surface area is 160 Å². The minimum absolute atomic E-state index is 0.154. The van der Waals surface area contributed by atoms with Gasteiger partial charge in [0.25, 0.3) is 5.91 Å². The molecule has 1 saturated heterocycles. The van der Waals surface area contributed by atoms with Gasteiger partial charge in [-0.15, -0.1) is 0 Å². The van der Waals surface area contributed by atoms with Crippen molar-refractivity contribution in [1.29, 1.82) is 0 Å². The molecule has 144 valence electrons. The first-order valence-electron chi connectivity index (χ1n) is 9.98. The number of hydrogen-bond acceptors (Lipinski definition) is 3. The Morgan fingerprint density at radius 3 is 2.48 bits per heavy atom. The number of amides is 1. The highest BCUT2D eigenvalue weighted by Crippen LogP contribution is 2.23. The van der Waals surface area contributed by atoms with Crippen LogP contribution in [0.1, 0.15) is 60.3 Å². The predicted molar refractivity (Wildman–Crippen MR) is 108 cm³/mol. The normalized spacial score (nSPS) is 16.5. The van der Waals surface area contributed by atoms with E-state index in [-0.39, 0.29) is 17.5 Å². The van der Waals surface area contributed by atoms with Crippen LogP contribution in [0.4, 0.5) is 0 Å². The Bertz CT molecular complexity index is 793. The molecular weight excluding hydrogens is 338 g/mol. The molecule has 2 N–H and O–H groups in total. The van der Waals surface area contributed by atoms with Crippen LogP contribution in [0.3, 0.4) is 0 Å². The quantitative estimate of drug-likeness (QED) is 0.823. The second-order valence-corrected chi connectivity index (χ2v) is 7.20. The van der Waals surface area contributed by atoms with E-state index in [1.54, 1.807) is 6.07 Å². The first kappa shape index (κ1) is 19.4. The highest BCUT2D eigenvalue weighted by molar-refractivity contribution is 5.94. The zero-order valence-corrected chi connectivity index (χ0v) is 16.0. The van der Waals surface area contributed by atoms with Crippen molar-refractivity contribution in [2.45, 2.75) is 45.1 Å². The minimum Gasteiger partial charge on any atom is -0.350 e. The van der Waals surface area contributed by atoms with Gasteiger partial charge in [0, 0.05) is 23.9 Å². The van der Waals surface area contributed by atoms with Crippen molar-refractivity contribution in [2.75, 3.05) is 19.6 Å². The molecule has 2 heterocycles. The average molecular weight is 367 g/mol. The van der Waals surface area contributed by atoms with Crippen molar-refractivity contribution < 1.29 is 4.79 Å². The largest absolute Gasteiger partial charge is 0.350 e. The topological polar surface area (TPSA) is 65.2 Å². The Balaban J connectivity index is 1.75. The fourth-order valence-electron chi connectivity index (χ4n) is 3.75. The summed E-state index contributed by atoms with van der Waals surface area (Å²) in [5.74, 6) is -0.188. The Kier molecular flexibility index (Phi) is 6.82. The van der Waals surface area contributed by atoms with Crippen LogP contribution >= 0.6 is 0 Å². The van der Waals surface area contributed by atoms with Crippen LogP contribution < -0.4 is 10.9 Å². The number of aryl methyl sites for hydroxylation is 1. The maximum absolute atomic E-state index is 12.7. The van der Waals surface area contributed by atoms with Crippen LogP contribution in [0.5, 0.6) is 0 Å². The van der Waals surface area contributed by atoms with Gasteiger partial charge < -0.3 is 10.3 Å². The van der Waals surface area contributed by atoms with Gasteiger partial charge >= 0.3 is 0 Å². The van der Waals surface area contributed by atoms with Crippen molar-refractivity contribution in [1.82, 2.24) is 15.2 Å². The summed E-state index contributed by atoms with van der Waals surface area (Å²) in [4.78, 5) is 29.7. The van der Waals surface area contributed by atoms with Crippen molar-refractivity contribution in [3.8, 4) is 0 Å². The lowest BCUT2D eigenvalue weighted by Crippen LogP contribution is -2.39. The molecule has 1 aromatic heterocycles. The number of aromatic nitrogens is 1. The number of aromatic amines is 1. The van der Waals surface area contributed by atoms with Crippen molar-refractivity contribution in [2.24, 2.45) is 0 Å². The van der Waals surface area contributed by atoms with Gasteiger partial charge in [-0.1, -0.05) is 50.1 Å². The van der Waals surface area contributed by atoms with E-state index in [1.807, 2.05) is 25.1 Å². The molecule has 2 aromatic rings. The number of pyridine rings is 1. The molecule has 1 atom stereocenters. The maximum Gasteiger partial charge on any atom is 0.251 e. The third kappa shape index (κ3) is 5.30. The lowest BCUT2D eigenvalue weighted by Gasteiger charge is -2.31. The van der Waals surface area contributed by atoms with Crippen LogP contribution in [0.15, 0.2) is 47.3 Å². The molecule has 1 unspecified atom stereocenters. The fraction of sp³-hybridized carbons (Fsp3) is 0.455. The van der Waals surface area contributed by atoms with Gasteiger partial charge in [0.2, 0.25) is 5.56 Å². The third-order valence-corrected chi connectivity index (χ3v) is 5.26. The van der Waals surface area contributed by atoms with E-state index < -0.39 is 0 Å². The summed E-state index contributed by atoms with van der Waals surface area (Å²) in [6, 6.07) is 13.7. The molecule has 1 aromatic carbocycles. The first-order valence-corrected chi connectivity index (χ1v) is 9.98. The highest BCUT2D eigenvalue weighted by atomic mass is 16.2. The smallest absolute Gasteiger partial charge is 0.251 e. The number of likely N-dealkylation sites (tertiary alicyclic amines) is 1. The van der Waals surface area contributed by atoms with Crippen LogP contribution in [0.25, 0.3) is 0 Å². The van der Waals surface area contributed by atoms with Crippen molar-refractivity contribution >= 4 is 5.91 Å². The maximum atomic E-state index is 12.7. The SMILES string of the molecule is CCc1cc(C(=O)NCC(c2ccccc2)N2CCCCCC2)cc(=O)[nH]1. The molecule has 1 aliphatic rings. The Morgan fingerprint density at radius 2 is 1.81 bits per heavy atom. The van der Waals surface area contributed by atoms with Crippen molar-refractivity contribution in [3.05, 3.63) is 69.6 Å². The van der Waals surface area contributed by atoms with E-state index in [0.29, 0.717) is 18.5 Å². The number of hydrogen-bond donors (Lipinski definition) is 2. The zero-order valence-electron chi connectivity index (χ0n) is 16.0. The highest BCUT2D eigenvalue weighted by Gasteiger charge is 2.22. The summed E-state index contributed by atoms with van der Waals surface area (Å²) in [5.41, 5.74) is 2.20. The number of carbonyl (C=O) groups is 1. The molecule has 0 aliphatic carbocycles. The van der Waals surface area contributed by atoms with Crippen LogP contribution in [0, 0.1) is 0 Å². The third-order valence-electron chi connectivity index (χ3n) is 5.26. The molecule has 5 nitrogen and oxygen atoms in total. The number of carbonyl (C=O) groups excluding carboxylic acids is 1. The predicted octanol–water partition coefficient (Wildman–Crippen LogP) is 3.28. The van der Waals surface area contributed by atoms with E-state index in [2.05, 4.69) is 27.3 Å². The van der Waals surface area contributed by atoms with Gasteiger partial charge in [0.05, 0.1) is 6.04 Å². The van der Waals surface area contributed by atoms with Gasteiger partial charge in [0.15, 0.2) is 0 Å². The van der Waals surface area contributed by atoms with Gasteiger partial charge in [-0.05, 0) is 44.0 Å². The number of nitrogens with one attached hydrogen (secondary N) is 2. The van der Waals surface area contributed by atoms with E-state index >= 15 is 0 Å². The molecule has 1 fully saturated rings. The van der Waals surface area contributed by atoms with Crippen LogP contribution in [-0.4, -0.2) is 35.4 Å². The lowest BCUT2D eigenvalue weighted by atomic mass is 10.0.